The van der Waals surface area contributed by atoms with E-state index < -0.39 is 15.8 Å². The minimum Gasteiger partial charge on any atom is -0.369 e. The van der Waals surface area contributed by atoms with E-state index in [1.807, 2.05) is 6.07 Å². The molecule has 0 aliphatic carbocycles. The van der Waals surface area contributed by atoms with E-state index in [-0.39, 0.29) is 22.8 Å². The van der Waals surface area contributed by atoms with Crippen LogP contribution in [0.2, 0.25) is 0 Å². The van der Waals surface area contributed by atoms with E-state index in [1.165, 1.54) is 18.5 Å². The fourth-order valence-electron chi connectivity index (χ4n) is 3.14. The SMILES string of the molecule is O=S(=O)(NCCNc1cc(N2CCCC2)ncn1)c1ccc(F)c(-c2nn[nH]n2)c1. The fourth-order valence-corrected chi connectivity index (χ4v) is 4.20. The Bertz CT molecular complexity index is 1100. The number of tetrazole rings is 1. The van der Waals surface area contributed by atoms with Crippen LogP contribution >= 0.6 is 0 Å². The van der Waals surface area contributed by atoms with Crippen molar-refractivity contribution in [1.29, 1.82) is 0 Å². The molecular weight excluding hydrogens is 413 g/mol. The van der Waals surface area contributed by atoms with Gasteiger partial charge in [0.15, 0.2) is 0 Å². The van der Waals surface area contributed by atoms with Gasteiger partial charge in [0.2, 0.25) is 15.8 Å². The molecule has 0 saturated carbocycles. The fraction of sp³-hybridized carbons (Fsp3) is 0.353. The highest BCUT2D eigenvalue weighted by atomic mass is 32.2. The largest absolute Gasteiger partial charge is 0.369 e. The van der Waals surface area contributed by atoms with E-state index in [0.29, 0.717) is 12.4 Å². The van der Waals surface area contributed by atoms with Gasteiger partial charge in [0, 0.05) is 32.2 Å². The minimum atomic E-state index is -3.85. The first kappa shape index (κ1) is 20.1. The van der Waals surface area contributed by atoms with Crippen molar-refractivity contribution in [2.45, 2.75) is 17.7 Å². The Morgan fingerprint density at radius 3 is 2.73 bits per heavy atom. The number of hydrogen-bond acceptors (Lipinski definition) is 9. The lowest BCUT2D eigenvalue weighted by atomic mass is 10.2. The van der Waals surface area contributed by atoms with Gasteiger partial charge in [-0.1, -0.05) is 0 Å². The van der Waals surface area contributed by atoms with Crippen molar-refractivity contribution >= 4 is 21.7 Å². The Hall–Kier alpha value is -3.19. The number of nitrogens with one attached hydrogen (secondary N) is 3. The summed E-state index contributed by atoms with van der Waals surface area (Å²) in [5.41, 5.74) is -0.0554. The molecule has 4 rings (SSSR count). The van der Waals surface area contributed by atoms with E-state index >= 15 is 0 Å². The van der Waals surface area contributed by atoms with Crippen LogP contribution < -0.4 is 14.9 Å². The summed E-state index contributed by atoms with van der Waals surface area (Å²) in [7, 11) is -3.85. The quantitative estimate of drug-likeness (QED) is 0.439. The average Bonchev–Trinajstić information content (AvgIpc) is 3.46. The summed E-state index contributed by atoms with van der Waals surface area (Å²) in [6.07, 6.45) is 3.77. The van der Waals surface area contributed by atoms with Crippen molar-refractivity contribution in [3.05, 3.63) is 36.4 Å². The molecule has 1 aliphatic rings. The Labute approximate surface area is 172 Å². The highest BCUT2D eigenvalue weighted by molar-refractivity contribution is 7.89. The van der Waals surface area contributed by atoms with Crippen molar-refractivity contribution < 1.29 is 12.8 Å². The number of halogens is 1. The third-order valence-electron chi connectivity index (χ3n) is 4.64. The Morgan fingerprint density at radius 2 is 1.97 bits per heavy atom. The lowest BCUT2D eigenvalue weighted by Gasteiger charge is -2.16. The molecule has 0 amide bonds. The van der Waals surface area contributed by atoms with E-state index in [9.17, 15) is 12.8 Å². The van der Waals surface area contributed by atoms with Crippen LogP contribution in [0.1, 0.15) is 12.8 Å². The predicted octanol–water partition coefficient (Wildman–Crippen LogP) is 0.786. The number of sulfonamides is 1. The Morgan fingerprint density at radius 1 is 1.13 bits per heavy atom. The zero-order valence-electron chi connectivity index (χ0n) is 15.9. The van der Waals surface area contributed by atoms with Gasteiger partial charge >= 0.3 is 0 Å². The van der Waals surface area contributed by atoms with Crippen LogP contribution in [0.4, 0.5) is 16.0 Å². The van der Waals surface area contributed by atoms with Gasteiger partial charge in [-0.2, -0.15) is 5.21 Å². The first-order valence-corrected chi connectivity index (χ1v) is 10.9. The molecule has 3 heterocycles. The Kier molecular flexibility index (Phi) is 5.81. The second-order valence-corrected chi connectivity index (χ2v) is 8.42. The smallest absolute Gasteiger partial charge is 0.240 e. The van der Waals surface area contributed by atoms with Gasteiger partial charge in [0.25, 0.3) is 0 Å². The molecule has 0 unspecified atom stereocenters. The van der Waals surface area contributed by atoms with Gasteiger partial charge in [-0.25, -0.2) is 27.5 Å². The third-order valence-corrected chi connectivity index (χ3v) is 6.10. The molecule has 0 radical (unpaired) electrons. The van der Waals surface area contributed by atoms with Crippen LogP contribution in [-0.4, -0.2) is 65.2 Å². The minimum absolute atomic E-state index is 0.0243. The van der Waals surface area contributed by atoms with Crippen molar-refractivity contribution in [1.82, 2.24) is 35.3 Å². The summed E-state index contributed by atoms with van der Waals surface area (Å²) in [4.78, 5) is 10.5. The molecule has 0 spiro atoms. The summed E-state index contributed by atoms with van der Waals surface area (Å²) in [6, 6.07) is 5.25. The van der Waals surface area contributed by atoms with Gasteiger partial charge in [-0.3, -0.25) is 0 Å². The number of nitrogens with zero attached hydrogens (tertiary/aromatic N) is 6. The number of aromatic amines is 1. The van der Waals surface area contributed by atoms with Crippen LogP contribution in [0.15, 0.2) is 35.5 Å². The molecule has 1 aromatic carbocycles. The van der Waals surface area contributed by atoms with Crippen LogP contribution in [0.25, 0.3) is 11.4 Å². The number of hydrogen-bond donors (Lipinski definition) is 3. The highest BCUT2D eigenvalue weighted by Crippen LogP contribution is 2.22. The van der Waals surface area contributed by atoms with E-state index in [1.54, 1.807) is 0 Å². The predicted molar refractivity (Wildman–Crippen MR) is 107 cm³/mol. The lowest BCUT2D eigenvalue weighted by Crippen LogP contribution is -2.29. The van der Waals surface area contributed by atoms with Gasteiger partial charge < -0.3 is 10.2 Å². The third kappa shape index (κ3) is 4.52. The van der Waals surface area contributed by atoms with E-state index in [2.05, 4.69) is 45.5 Å². The van der Waals surface area contributed by atoms with Crippen molar-refractivity contribution in [2.75, 3.05) is 36.4 Å². The molecule has 13 heteroatoms. The average molecular weight is 433 g/mol. The summed E-state index contributed by atoms with van der Waals surface area (Å²) < 4.78 is 41.6. The lowest BCUT2D eigenvalue weighted by molar-refractivity contribution is 0.582. The first-order valence-electron chi connectivity index (χ1n) is 9.37. The number of H-pyrrole nitrogens is 1. The molecule has 3 aromatic rings. The summed E-state index contributed by atoms with van der Waals surface area (Å²) >= 11 is 0. The van der Waals surface area contributed by atoms with Crippen LogP contribution in [0, 0.1) is 5.82 Å². The second kappa shape index (κ2) is 8.67. The van der Waals surface area contributed by atoms with Crippen molar-refractivity contribution in [2.24, 2.45) is 0 Å². The standard InChI is InChI=1S/C17H20FN9O2S/c18-14-4-3-12(9-13(14)17-23-25-26-24-17)30(28,29)22-6-5-19-15-10-16(21-11-20-15)27-7-1-2-8-27/h3-4,9-11,22H,1-2,5-8H2,(H,19,20,21)(H,23,24,25,26). The van der Waals surface area contributed by atoms with Crippen molar-refractivity contribution in [3.63, 3.8) is 0 Å². The highest BCUT2D eigenvalue weighted by Gasteiger charge is 2.18. The van der Waals surface area contributed by atoms with Crippen molar-refractivity contribution in [3.8, 4) is 11.4 Å². The number of anilines is 2. The topological polar surface area (TPSA) is 142 Å². The van der Waals surface area contributed by atoms with Crippen LogP contribution in [-0.2, 0) is 10.0 Å². The molecule has 0 bridgehead atoms. The normalized spacial score (nSPS) is 14.2. The van der Waals surface area contributed by atoms with Gasteiger partial charge in [-0.05, 0) is 36.3 Å². The summed E-state index contributed by atoms with van der Waals surface area (Å²) in [5, 5.41) is 16.0. The number of rotatable bonds is 8. The molecule has 2 aromatic heterocycles. The second-order valence-electron chi connectivity index (χ2n) is 6.66. The molecule has 1 aliphatic heterocycles. The molecule has 30 heavy (non-hydrogen) atoms. The zero-order valence-corrected chi connectivity index (χ0v) is 16.7. The van der Waals surface area contributed by atoms with Gasteiger partial charge in [-0.15, -0.1) is 10.2 Å². The number of benzene rings is 1. The zero-order chi connectivity index (χ0) is 21.0. The van der Waals surface area contributed by atoms with Gasteiger partial charge in [0.05, 0.1) is 10.5 Å². The van der Waals surface area contributed by atoms with Crippen LogP contribution in [0.5, 0.6) is 0 Å². The molecule has 1 fully saturated rings. The molecule has 0 atom stereocenters. The molecule has 158 valence electrons. The molecule has 1 saturated heterocycles. The molecule has 3 N–H and O–H groups in total. The maximum Gasteiger partial charge on any atom is 0.240 e. The molecule has 11 nitrogen and oxygen atoms in total. The first-order chi connectivity index (χ1) is 14.5. The van der Waals surface area contributed by atoms with Gasteiger partial charge in [0.1, 0.15) is 23.8 Å². The van der Waals surface area contributed by atoms with E-state index in [4.69, 9.17) is 0 Å². The molecular formula is C17H20FN9O2S. The number of aromatic nitrogens is 6. The van der Waals surface area contributed by atoms with E-state index in [0.717, 1.165) is 37.8 Å². The maximum absolute atomic E-state index is 14.0. The van der Waals surface area contributed by atoms with Crippen LogP contribution in [0.3, 0.4) is 0 Å². The monoisotopic (exact) mass is 433 g/mol. The maximum atomic E-state index is 14.0. The summed E-state index contributed by atoms with van der Waals surface area (Å²) in [5.74, 6) is 0.802. The summed E-state index contributed by atoms with van der Waals surface area (Å²) in [6.45, 7) is 2.37. The Balaban J connectivity index is 1.36.